The molecule has 2 N–H and O–H groups in total. The molecular formula is C14H11FO3S. The van der Waals surface area contributed by atoms with Gasteiger partial charge in [-0.25, -0.2) is 4.39 Å². The number of carbonyl (C=O) groups excluding carboxylic acids is 1. The Morgan fingerprint density at radius 3 is 2.53 bits per heavy atom. The van der Waals surface area contributed by atoms with Gasteiger partial charge >= 0.3 is 0 Å². The van der Waals surface area contributed by atoms with Gasteiger partial charge < -0.3 is 10.2 Å². The van der Waals surface area contributed by atoms with Gasteiger partial charge in [-0.2, -0.15) is 0 Å². The molecule has 2 aromatic rings. The Morgan fingerprint density at radius 2 is 1.89 bits per heavy atom. The summed E-state index contributed by atoms with van der Waals surface area (Å²) in [6, 6.07) is 6.58. The van der Waals surface area contributed by atoms with Crippen molar-refractivity contribution in [3.63, 3.8) is 0 Å². The summed E-state index contributed by atoms with van der Waals surface area (Å²) < 4.78 is 14.0. The monoisotopic (exact) mass is 278 g/mol. The van der Waals surface area contributed by atoms with Crippen LogP contribution in [0.1, 0.15) is 10.4 Å². The molecule has 0 spiro atoms. The predicted octanol–water partition coefficient (Wildman–Crippen LogP) is 3.44. The Hall–Kier alpha value is -2.01. The van der Waals surface area contributed by atoms with Crippen molar-refractivity contribution in [1.29, 1.82) is 0 Å². The summed E-state index contributed by atoms with van der Waals surface area (Å²) in [4.78, 5) is 11.6. The Labute approximate surface area is 113 Å². The zero-order valence-electron chi connectivity index (χ0n) is 10.1. The van der Waals surface area contributed by atoms with E-state index in [4.69, 9.17) is 0 Å². The van der Waals surface area contributed by atoms with Crippen LogP contribution in [0.3, 0.4) is 0 Å². The van der Waals surface area contributed by atoms with E-state index in [-0.39, 0.29) is 22.6 Å². The van der Waals surface area contributed by atoms with E-state index in [2.05, 4.69) is 0 Å². The van der Waals surface area contributed by atoms with Crippen LogP contribution in [0, 0.1) is 5.82 Å². The van der Waals surface area contributed by atoms with Crippen LogP contribution in [-0.2, 0) is 0 Å². The molecule has 0 fully saturated rings. The lowest BCUT2D eigenvalue weighted by molar-refractivity contribution is 0.112. The number of rotatable bonds is 3. The van der Waals surface area contributed by atoms with Gasteiger partial charge in [0.15, 0.2) is 6.29 Å². The zero-order valence-corrected chi connectivity index (χ0v) is 10.9. The number of phenolic OH excluding ortho intramolecular Hbond substituents is 2. The summed E-state index contributed by atoms with van der Waals surface area (Å²) in [6.07, 6.45) is 2.31. The first-order chi connectivity index (χ1) is 9.06. The quantitative estimate of drug-likeness (QED) is 0.667. The van der Waals surface area contributed by atoms with Gasteiger partial charge in [0.1, 0.15) is 17.3 Å². The second-order valence-electron chi connectivity index (χ2n) is 3.89. The van der Waals surface area contributed by atoms with Gasteiger partial charge in [-0.05, 0) is 36.1 Å². The molecule has 0 radical (unpaired) electrons. The van der Waals surface area contributed by atoms with Crippen LogP contribution >= 0.6 is 11.8 Å². The highest BCUT2D eigenvalue weighted by Gasteiger charge is 2.16. The Morgan fingerprint density at radius 1 is 1.16 bits per heavy atom. The molecule has 0 aromatic heterocycles. The number of aromatic hydroxyl groups is 2. The number of hydrogen-bond donors (Lipinski definition) is 2. The van der Waals surface area contributed by atoms with E-state index < -0.39 is 5.82 Å². The molecule has 0 aliphatic rings. The highest BCUT2D eigenvalue weighted by molar-refractivity contribution is 7.98. The highest BCUT2D eigenvalue weighted by atomic mass is 32.2. The molecule has 0 saturated carbocycles. The third kappa shape index (κ3) is 2.56. The van der Waals surface area contributed by atoms with Crippen LogP contribution in [0.5, 0.6) is 11.5 Å². The maximum Gasteiger partial charge on any atom is 0.150 e. The lowest BCUT2D eigenvalue weighted by atomic mass is 9.99. The molecule has 5 heteroatoms. The smallest absolute Gasteiger partial charge is 0.150 e. The summed E-state index contributed by atoms with van der Waals surface area (Å²) >= 11 is 1.26. The maximum atomic E-state index is 14.0. The van der Waals surface area contributed by atoms with E-state index in [0.717, 1.165) is 6.07 Å². The van der Waals surface area contributed by atoms with Crippen molar-refractivity contribution < 1.29 is 19.4 Å². The molecule has 0 aliphatic heterocycles. The molecule has 19 heavy (non-hydrogen) atoms. The molecule has 2 aromatic carbocycles. The van der Waals surface area contributed by atoms with Crippen molar-refractivity contribution in [3.05, 3.63) is 41.7 Å². The third-order valence-electron chi connectivity index (χ3n) is 2.69. The largest absolute Gasteiger partial charge is 0.508 e. The molecule has 0 saturated heterocycles. The number of benzene rings is 2. The molecule has 0 bridgehead atoms. The first kappa shape index (κ1) is 13.4. The minimum atomic E-state index is -0.613. The average Bonchev–Trinajstić information content (AvgIpc) is 2.38. The third-order valence-corrected chi connectivity index (χ3v) is 3.45. The number of thioether (sulfide) groups is 1. The van der Waals surface area contributed by atoms with Gasteiger partial charge in [0.05, 0.1) is 0 Å². The molecule has 3 nitrogen and oxygen atoms in total. The Kier molecular flexibility index (Phi) is 3.76. The van der Waals surface area contributed by atoms with E-state index in [1.807, 2.05) is 0 Å². The van der Waals surface area contributed by atoms with Gasteiger partial charge in [-0.3, -0.25) is 4.79 Å². The van der Waals surface area contributed by atoms with Crippen molar-refractivity contribution in [1.82, 2.24) is 0 Å². The van der Waals surface area contributed by atoms with Crippen LogP contribution in [0.15, 0.2) is 35.2 Å². The number of aldehydes is 1. The molecule has 0 amide bonds. The predicted molar refractivity (Wildman–Crippen MR) is 72.3 cm³/mol. The van der Waals surface area contributed by atoms with Gasteiger partial charge in [-0.15, -0.1) is 11.8 Å². The number of phenols is 2. The van der Waals surface area contributed by atoms with Crippen LogP contribution in [-0.4, -0.2) is 22.8 Å². The number of halogens is 1. The minimum Gasteiger partial charge on any atom is -0.508 e. The van der Waals surface area contributed by atoms with Crippen LogP contribution < -0.4 is 0 Å². The second kappa shape index (κ2) is 5.32. The zero-order chi connectivity index (χ0) is 14.0. The van der Waals surface area contributed by atoms with E-state index in [0.29, 0.717) is 16.7 Å². The van der Waals surface area contributed by atoms with Gasteiger partial charge in [-0.1, -0.05) is 0 Å². The summed E-state index contributed by atoms with van der Waals surface area (Å²) in [7, 11) is 0. The molecule has 0 atom stereocenters. The fourth-order valence-electron chi connectivity index (χ4n) is 1.87. The van der Waals surface area contributed by atoms with Crippen molar-refractivity contribution >= 4 is 18.0 Å². The minimum absolute atomic E-state index is 0.0595. The van der Waals surface area contributed by atoms with E-state index in [1.165, 1.54) is 36.0 Å². The Balaban J connectivity index is 2.75. The Bertz CT molecular complexity index is 641. The topological polar surface area (TPSA) is 57.5 Å². The second-order valence-corrected chi connectivity index (χ2v) is 4.74. The maximum absolute atomic E-state index is 14.0. The summed E-state index contributed by atoms with van der Waals surface area (Å²) in [5, 5.41) is 18.8. The van der Waals surface area contributed by atoms with E-state index in [1.54, 1.807) is 6.26 Å². The lowest BCUT2D eigenvalue weighted by Gasteiger charge is -2.12. The number of carbonyl (C=O) groups is 1. The first-order valence-electron chi connectivity index (χ1n) is 5.42. The van der Waals surface area contributed by atoms with E-state index >= 15 is 0 Å². The van der Waals surface area contributed by atoms with Gasteiger partial charge in [0.2, 0.25) is 0 Å². The molecule has 98 valence electrons. The van der Waals surface area contributed by atoms with Crippen molar-refractivity contribution in [2.45, 2.75) is 4.90 Å². The van der Waals surface area contributed by atoms with Crippen LogP contribution in [0.2, 0.25) is 0 Å². The lowest BCUT2D eigenvalue weighted by Crippen LogP contribution is -1.93. The molecular weight excluding hydrogens is 267 g/mol. The molecule has 0 unspecified atom stereocenters. The first-order valence-corrected chi connectivity index (χ1v) is 6.64. The van der Waals surface area contributed by atoms with Crippen LogP contribution in [0.25, 0.3) is 11.1 Å². The fraction of sp³-hybridized carbons (Fsp3) is 0.0714. The van der Waals surface area contributed by atoms with Gasteiger partial charge in [0, 0.05) is 22.1 Å². The van der Waals surface area contributed by atoms with Crippen molar-refractivity contribution in [2.24, 2.45) is 0 Å². The average molecular weight is 278 g/mol. The van der Waals surface area contributed by atoms with Crippen molar-refractivity contribution in [2.75, 3.05) is 6.26 Å². The normalized spacial score (nSPS) is 10.4. The SMILES string of the molecule is CSc1cc(O)cc(F)c1-c1ccc(O)cc1C=O. The summed E-state index contributed by atoms with van der Waals surface area (Å²) in [5.74, 6) is -0.842. The molecule has 2 rings (SSSR count). The number of hydrogen-bond acceptors (Lipinski definition) is 4. The molecule has 0 aliphatic carbocycles. The van der Waals surface area contributed by atoms with Crippen LogP contribution in [0.4, 0.5) is 4.39 Å². The highest BCUT2D eigenvalue weighted by Crippen LogP contribution is 2.37. The standard InChI is InChI=1S/C14H11FO3S/c1-19-13-6-10(18)5-12(15)14(13)11-3-2-9(17)4-8(11)7-16/h2-7,17-18H,1H3. The fourth-order valence-corrected chi connectivity index (χ4v) is 2.52. The summed E-state index contributed by atoms with van der Waals surface area (Å²) in [6.45, 7) is 0. The molecule has 0 heterocycles. The van der Waals surface area contributed by atoms with Gasteiger partial charge in [0.25, 0.3) is 0 Å². The van der Waals surface area contributed by atoms with Crippen molar-refractivity contribution in [3.8, 4) is 22.6 Å². The van der Waals surface area contributed by atoms with E-state index in [9.17, 15) is 19.4 Å². The summed E-state index contributed by atoms with van der Waals surface area (Å²) in [5.41, 5.74) is 0.821.